The van der Waals surface area contributed by atoms with Crippen molar-refractivity contribution in [3.63, 3.8) is 0 Å². The number of aromatic nitrogens is 2. The summed E-state index contributed by atoms with van der Waals surface area (Å²) in [6, 6.07) is 7.71. The fourth-order valence-corrected chi connectivity index (χ4v) is 3.57. The molecule has 0 saturated carbocycles. The highest BCUT2D eigenvalue weighted by Gasteiger charge is 2.32. The van der Waals surface area contributed by atoms with Crippen LogP contribution >= 0.6 is 0 Å². The maximum absolute atomic E-state index is 12.6. The second-order valence-electron chi connectivity index (χ2n) is 6.87. The number of carboxylic acid groups (broad SMARTS) is 1. The number of hydrogen-bond donors (Lipinski definition) is 4. The van der Waals surface area contributed by atoms with Gasteiger partial charge in [-0.25, -0.2) is 4.79 Å². The number of aliphatic imine (C=N–C) groups is 1. The van der Waals surface area contributed by atoms with Gasteiger partial charge < -0.3 is 20.4 Å². The van der Waals surface area contributed by atoms with Crippen LogP contribution < -0.4 is 16.0 Å². The number of carboxylic acids is 1. The molecule has 8 bridgehead atoms. The molecule has 0 radical (unpaired) electrons. The number of rotatable bonds is 1. The van der Waals surface area contributed by atoms with Crippen LogP contribution in [0.15, 0.2) is 58.0 Å². The highest BCUT2D eigenvalue weighted by Crippen LogP contribution is 2.24. The van der Waals surface area contributed by atoms with Crippen LogP contribution in [0, 0.1) is 0 Å². The van der Waals surface area contributed by atoms with Crippen LogP contribution in [-0.2, 0) is 9.59 Å². The number of nitrogens with zero attached hydrogens (tertiary/aromatic N) is 1. The van der Waals surface area contributed by atoms with E-state index in [1.165, 1.54) is 0 Å². The number of hydrogen-bond acceptors (Lipinski definition) is 4. The molecule has 5 rings (SSSR count). The Morgan fingerprint density at radius 3 is 2.46 bits per heavy atom. The van der Waals surface area contributed by atoms with Crippen LogP contribution in [0.5, 0.6) is 0 Å². The van der Waals surface area contributed by atoms with Crippen LogP contribution in [0.1, 0.15) is 24.2 Å². The summed E-state index contributed by atoms with van der Waals surface area (Å²) >= 11 is 0. The number of allylic oxidation sites excluding steroid dienone is 4. The lowest BCUT2D eigenvalue weighted by Gasteiger charge is -1.99. The summed E-state index contributed by atoms with van der Waals surface area (Å²) in [5, 5.41) is 14.0. The van der Waals surface area contributed by atoms with E-state index in [1.54, 1.807) is 12.2 Å². The molecule has 7 heteroatoms. The SMILES string of the molecule is O=C(O)C1=C2C=c3ccc([nH]3)=Cc3ccc([nH]3)C=C3CCC(=N3)C=C(N2)C1=O. The Morgan fingerprint density at radius 2 is 1.68 bits per heavy atom. The monoisotopic (exact) mass is 372 g/mol. The molecule has 28 heavy (non-hydrogen) atoms. The highest BCUT2D eigenvalue weighted by molar-refractivity contribution is 6.28. The predicted octanol–water partition coefficient (Wildman–Crippen LogP) is 0.936. The Balaban J connectivity index is 1.73. The molecule has 7 nitrogen and oxygen atoms in total. The maximum Gasteiger partial charge on any atom is 0.341 e. The molecule has 0 spiro atoms. The number of fused-ring (bicyclic) bond motifs is 7. The number of aromatic amines is 2. The lowest BCUT2D eigenvalue weighted by Crippen LogP contribution is -2.14. The topological polar surface area (TPSA) is 110 Å². The minimum absolute atomic E-state index is 0.233. The molecule has 0 saturated heterocycles. The third-order valence-electron chi connectivity index (χ3n) is 4.85. The second kappa shape index (κ2) is 6.09. The molecule has 0 atom stereocenters. The quantitative estimate of drug-likeness (QED) is 0.558. The minimum Gasteiger partial charge on any atom is -0.477 e. The van der Waals surface area contributed by atoms with Crippen molar-refractivity contribution >= 4 is 35.7 Å². The van der Waals surface area contributed by atoms with Gasteiger partial charge in [0.15, 0.2) is 0 Å². The van der Waals surface area contributed by atoms with Crippen LogP contribution in [0.4, 0.5) is 0 Å². The fourth-order valence-electron chi connectivity index (χ4n) is 3.57. The summed E-state index contributed by atoms with van der Waals surface area (Å²) < 4.78 is 0. The summed E-state index contributed by atoms with van der Waals surface area (Å²) in [6.45, 7) is 0. The van der Waals surface area contributed by atoms with Gasteiger partial charge >= 0.3 is 5.97 Å². The van der Waals surface area contributed by atoms with E-state index < -0.39 is 11.8 Å². The number of ketones is 1. The lowest BCUT2D eigenvalue weighted by molar-refractivity contribution is -0.134. The van der Waals surface area contributed by atoms with E-state index in [9.17, 15) is 14.7 Å². The summed E-state index contributed by atoms with van der Waals surface area (Å²) in [5.74, 6) is -1.79. The summed E-state index contributed by atoms with van der Waals surface area (Å²) in [7, 11) is 0. The van der Waals surface area contributed by atoms with E-state index in [-0.39, 0.29) is 17.0 Å². The van der Waals surface area contributed by atoms with Crippen LogP contribution in [0.25, 0.3) is 18.2 Å². The number of nitrogens with one attached hydrogen (secondary N) is 3. The summed E-state index contributed by atoms with van der Waals surface area (Å²) in [4.78, 5) is 35.4. The van der Waals surface area contributed by atoms with Crippen molar-refractivity contribution in [1.29, 1.82) is 0 Å². The van der Waals surface area contributed by atoms with E-state index in [4.69, 9.17) is 0 Å². The number of carbonyl (C=O) groups excluding carboxylic acids is 1. The van der Waals surface area contributed by atoms with Crippen molar-refractivity contribution in [3.05, 3.63) is 75.1 Å². The van der Waals surface area contributed by atoms with Gasteiger partial charge in [-0.05, 0) is 61.4 Å². The van der Waals surface area contributed by atoms with Gasteiger partial charge in [-0.2, -0.15) is 0 Å². The van der Waals surface area contributed by atoms with E-state index in [0.29, 0.717) is 11.8 Å². The number of aliphatic carboxylic acids is 1. The number of Topliss-reactive ketones (excluding diaryl/α,β-unsaturated/α-hetero) is 1. The second-order valence-corrected chi connectivity index (χ2v) is 6.87. The van der Waals surface area contributed by atoms with Gasteiger partial charge in [0.25, 0.3) is 0 Å². The molecule has 0 aliphatic carbocycles. The fraction of sp³-hybridized carbons (Fsp3) is 0.0952. The molecule has 0 fully saturated rings. The highest BCUT2D eigenvalue weighted by atomic mass is 16.4. The summed E-state index contributed by atoms with van der Waals surface area (Å²) in [6.07, 6.45) is 8.69. The maximum atomic E-state index is 12.6. The van der Waals surface area contributed by atoms with Crippen molar-refractivity contribution in [2.24, 2.45) is 4.99 Å². The standard InChI is InChI=1S/C21H16N4O3/c26-20-18-10-16-6-4-14(24-16)8-12-2-1-11(22-12)7-13-3-5-15(23-13)9-17(25-18)19(20)21(27)28/h1-3,5,7-10,22-23,25H,4,6H2,(H,27,28). The third-order valence-corrected chi connectivity index (χ3v) is 4.85. The molecular formula is C21H16N4O3. The Hall–Kier alpha value is -3.87. The largest absolute Gasteiger partial charge is 0.477 e. The summed E-state index contributed by atoms with van der Waals surface area (Å²) in [5.41, 5.74) is 3.79. The molecule has 0 aromatic carbocycles. The number of carbonyl (C=O) groups is 2. The van der Waals surface area contributed by atoms with E-state index in [0.717, 1.165) is 34.6 Å². The smallest absolute Gasteiger partial charge is 0.341 e. The molecule has 138 valence electrons. The van der Waals surface area contributed by atoms with Crippen molar-refractivity contribution in [2.75, 3.05) is 0 Å². The van der Waals surface area contributed by atoms with Crippen molar-refractivity contribution in [3.8, 4) is 0 Å². The first-order valence-corrected chi connectivity index (χ1v) is 8.92. The molecule has 2 aromatic rings. The first-order valence-electron chi connectivity index (χ1n) is 8.92. The Bertz CT molecular complexity index is 1280. The molecule has 0 amide bonds. The molecule has 2 aromatic heterocycles. The zero-order valence-electron chi connectivity index (χ0n) is 14.7. The zero-order valence-corrected chi connectivity index (χ0v) is 14.7. The van der Waals surface area contributed by atoms with E-state index >= 15 is 0 Å². The van der Waals surface area contributed by atoms with Gasteiger partial charge in [-0.15, -0.1) is 0 Å². The van der Waals surface area contributed by atoms with Crippen LogP contribution in [0.3, 0.4) is 0 Å². The Kier molecular flexibility index (Phi) is 3.55. The lowest BCUT2D eigenvalue weighted by atomic mass is 10.1. The molecule has 3 aliphatic heterocycles. The van der Waals surface area contributed by atoms with Gasteiger partial charge in [-0.1, -0.05) is 0 Å². The van der Waals surface area contributed by atoms with Crippen molar-refractivity contribution < 1.29 is 14.7 Å². The molecule has 0 unspecified atom stereocenters. The normalized spacial score (nSPS) is 18.0. The van der Waals surface area contributed by atoms with Crippen LogP contribution in [-0.4, -0.2) is 32.5 Å². The minimum atomic E-state index is -1.25. The van der Waals surface area contributed by atoms with Gasteiger partial charge in [0.05, 0.1) is 11.4 Å². The van der Waals surface area contributed by atoms with Gasteiger partial charge in [0.1, 0.15) is 5.57 Å². The molecular weight excluding hydrogens is 356 g/mol. The predicted molar refractivity (Wildman–Crippen MR) is 104 cm³/mol. The third kappa shape index (κ3) is 2.83. The van der Waals surface area contributed by atoms with E-state index in [2.05, 4.69) is 20.3 Å². The molecule has 5 heterocycles. The average molecular weight is 372 g/mol. The van der Waals surface area contributed by atoms with Crippen molar-refractivity contribution in [2.45, 2.75) is 12.8 Å². The number of H-pyrrole nitrogens is 2. The van der Waals surface area contributed by atoms with Gasteiger partial charge in [0.2, 0.25) is 5.78 Å². The Labute approximate surface area is 159 Å². The zero-order chi connectivity index (χ0) is 19.3. The first kappa shape index (κ1) is 16.3. The van der Waals surface area contributed by atoms with Crippen molar-refractivity contribution in [1.82, 2.24) is 15.3 Å². The van der Waals surface area contributed by atoms with Gasteiger partial charge in [-0.3, -0.25) is 9.79 Å². The van der Waals surface area contributed by atoms with E-state index in [1.807, 2.05) is 36.4 Å². The Morgan fingerprint density at radius 1 is 0.929 bits per heavy atom. The molecule has 3 aliphatic rings. The van der Waals surface area contributed by atoms with Gasteiger partial charge in [0, 0.05) is 33.5 Å². The first-order chi connectivity index (χ1) is 13.5. The average Bonchev–Trinajstić information content (AvgIpc) is 3.40. The van der Waals surface area contributed by atoms with Crippen LogP contribution in [0.2, 0.25) is 0 Å². The molecule has 4 N–H and O–H groups in total.